The molecule has 0 radical (unpaired) electrons. The van der Waals surface area contributed by atoms with Gasteiger partial charge in [-0.25, -0.2) is 10.1 Å². The third kappa shape index (κ3) is 2.28. The highest BCUT2D eigenvalue weighted by Gasteiger charge is 2.28. The van der Waals surface area contributed by atoms with E-state index in [9.17, 15) is 30.3 Å². The van der Waals surface area contributed by atoms with E-state index in [-0.39, 0.29) is 0 Å². The van der Waals surface area contributed by atoms with E-state index in [1.165, 1.54) is 0 Å². The van der Waals surface area contributed by atoms with Crippen molar-refractivity contribution < 1.29 is 14.9 Å². The molecule has 0 saturated carbocycles. The van der Waals surface area contributed by atoms with Gasteiger partial charge in [0.1, 0.15) is 20.7 Å². The van der Waals surface area contributed by atoms with E-state index in [4.69, 9.17) is 0 Å². The normalized spacial score (nSPS) is 13.2. The second-order valence-electron chi connectivity index (χ2n) is 2.16. The van der Waals surface area contributed by atoms with Gasteiger partial charge < -0.3 is 15.8 Å². The van der Waals surface area contributed by atoms with Gasteiger partial charge in [-0.1, -0.05) is 5.43 Å². The minimum absolute atomic E-state index is 0.679. The van der Waals surface area contributed by atoms with Crippen LogP contribution in [0.2, 0.25) is 0 Å². The van der Waals surface area contributed by atoms with Crippen molar-refractivity contribution in [2.24, 2.45) is 4.99 Å². The lowest BCUT2D eigenvalue weighted by Gasteiger charge is -2.08. The molecule has 0 fully saturated rings. The Bertz CT molecular complexity index is 408. The number of nitro groups is 3. The quantitative estimate of drug-likeness (QED) is 0.500. The van der Waals surface area contributed by atoms with Gasteiger partial charge in [-0.05, 0) is 0 Å². The lowest BCUT2D eigenvalue weighted by atomic mass is 10.7. The van der Waals surface area contributed by atoms with E-state index >= 15 is 0 Å². The summed E-state index contributed by atoms with van der Waals surface area (Å²) in [7, 11) is 0. The second kappa shape index (κ2) is 4.03. The minimum atomic E-state index is -1.50. The Kier molecular flexibility index (Phi) is 2.79. The molecule has 0 amide bonds. The zero-order valence-electron chi connectivity index (χ0n) is 7.13. The Morgan fingerprint density at radius 3 is 2.25 bits per heavy atom. The maximum Gasteiger partial charge on any atom is 0.557 e. The molecule has 1 heterocycles. The van der Waals surface area contributed by atoms with Crippen LogP contribution in [0.1, 0.15) is 0 Å². The van der Waals surface area contributed by atoms with Crippen molar-refractivity contribution in [1.82, 2.24) is 5.43 Å². The van der Waals surface area contributed by atoms with Crippen LogP contribution in [0.15, 0.2) is 16.6 Å². The first-order chi connectivity index (χ1) is 7.41. The molecule has 1 rings (SSSR count). The summed E-state index contributed by atoms with van der Waals surface area (Å²) in [5.41, 5.74) is 7.50. The molecule has 1 aliphatic rings. The number of hydrogen-bond donors (Lipinski definition) is 1. The number of aliphatic imine (C=N–C) groups is 1. The highest BCUT2D eigenvalue weighted by Crippen LogP contribution is 2.18. The third-order valence-corrected chi connectivity index (χ3v) is 1.20. The highest BCUT2D eigenvalue weighted by atomic mass is 16.7. The van der Waals surface area contributed by atoms with Gasteiger partial charge in [0.05, 0.1) is 5.96 Å². The number of rotatable bonds is 3. The standard InChI is InChI=1S/C3HN7O6/c11-8(12)2(9(13)14)1-4-3(6-5-1)7-10(15)16/h(H-,4,6,7)/q-2. The predicted octanol–water partition coefficient (Wildman–Crippen LogP) is -0.520. The van der Waals surface area contributed by atoms with Gasteiger partial charge in [0.2, 0.25) is 0 Å². The summed E-state index contributed by atoms with van der Waals surface area (Å²) in [6.45, 7) is 0. The van der Waals surface area contributed by atoms with Crippen LogP contribution in [0.3, 0.4) is 0 Å². The van der Waals surface area contributed by atoms with E-state index in [0.717, 1.165) is 0 Å². The van der Waals surface area contributed by atoms with Crippen LogP contribution in [0, 0.1) is 30.3 Å². The molecule has 86 valence electrons. The van der Waals surface area contributed by atoms with Crippen molar-refractivity contribution in [2.45, 2.75) is 0 Å². The molecule has 1 aliphatic heterocycles. The van der Waals surface area contributed by atoms with Gasteiger partial charge in [0.15, 0.2) is 0 Å². The molecule has 0 aromatic carbocycles. The van der Waals surface area contributed by atoms with Crippen LogP contribution < -0.4 is 5.43 Å². The first-order valence-electron chi connectivity index (χ1n) is 3.36. The van der Waals surface area contributed by atoms with Crippen LogP contribution in [0.25, 0.3) is 10.9 Å². The van der Waals surface area contributed by atoms with E-state index in [2.05, 4.69) is 15.8 Å². The van der Waals surface area contributed by atoms with Crippen molar-refractivity contribution in [3.05, 3.63) is 52.8 Å². The van der Waals surface area contributed by atoms with Gasteiger partial charge in [-0.3, -0.25) is 20.2 Å². The number of guanidine groups is 1. The molecule has 0 aliphatic carbocycles. The Morgan fingerprint density at radius 2 is 1.81 bits per heavy atom. The maximum absolute atomic E-state index is 10.2. The van der Waals surface area contributed by atoms with E-state index in [1.807, 2.05) is 5.43 Å². The first-order valence-corrected chi connectivity index (χ1v) is 3.36. The number of hydrogen-bond acceptors (Lipinski definition) is 8. The Labute approximate surface area is 85.2 Å². The molecule has 0 atom stereocenters. The molecule has 0 unspecified atom stereocenters. The second-order valence-corrected chi connectivity index (χ2v) is 2.16. The summed E-state index contributed by atoms with van der Waals surface area (Å²) in [5.74, 6) is -3.07. The predicted molar refractivity (Wildman–Crippen MR) is 45.3 cm³/mol. The average molecular weight is 231 g/mol. The van der Waals surface area contributed by atoms with E-state index in [0.29, 0.717) is 0 Å². The molecule has 0 aromatic heterocycles. The van der Waals surface area contributed by atoms with Crippen molar-refractivity contribution in [3.63, 3.8) is 0 Å². The fourth-order valence-corrected chi connectivity index (χ4v) is 0.705. The molecule has 0 spiro atoms. The molecule has 0 saturated heterocycles. The van der Waals surface area contributed by atoms with Gasteiger partial charge in [-0.2, -0.15) is 0 Å². The van der Waals surface area contributed by atoms with Gasteiger partial charge in [0, 0.05) is 0 Å². The zero-order valence-corrected chi connectivity index (χ0v) is 7.13. The number of nitrogens with zero attached hydrogens (tertiary/aromatic N) is 6. The third-order valence-electron chi connectivity index (χ3n) is 1.20. The molecular formula is C3HN7O6-2. The van der Waals surface area contributed by atoms with Crippen LogP contribution in [0.4, 0.5) is 0 Å². The summed E-state index contributed by atoms with van der Waals surface area (Å²) in [6.07, 6.45) is 0. The van der Waals surface area contributed by atoms with Crippen molar-refractivity contribution in [3.8, 4) is 0 Å². The smallest absolute Gasteiger partial charge is 0.434 e. The van der Waals surface area contributed by atoms with E-state index in [1.54, 1.807) is 0 Å². The van der Waals surface area contributed by atoms with Crippen molar-refractivity contribution >= 4 is 5.96 Å². The van der Waals surface area contributed by atoms with E-state index < -0.39 is 32.5 Å². The van der Waals surface area contributed by atoms with Gasteiger partial charge >= 0.3 is 5.82 Å². The molecule has 13 nitrogen and oxygen atoms in total. The monoisotopic (exact) mass is 231 g/mol. The van der Waals surface area contributed by atoms with Crippen molar-refractivity contribution in [2.75, 3.05) is 0 Å². The topological polar surface area (TPSA) is 182 Å². The highest BCUT2D eigenvalue weighted by molar-refractivity contribution is 5.94. The molecule has 0 bridgehead atoms. The lowest BCUT2D eigenvalue weighted by molar-refractivity contribution is -0.617. The summed E-state index contributed by atoms with van der Waals surface area (Å²) >= 11 is 0. The summed E-state index contributed by atoms with van der Waals surface area (Å²) in [4.78, 5) is 30.8. The fraction of sp³-hybridized carbons (Fsp3) is 0. The van der Waals surface area contributed by atoms with Gasteiger partial charge in [0.25, 0.3) is 0 Å². The van der Waals surface area contributed by atoms with Crippen molar-refractivity contribution in [1.29, 1.82) is 0 Å². The molecule has 16 heavy (non-hydrogen) atoms. The van der Waals surface area contributed by atoms with Crippen LogP contribution >= 0.6 is 0 Å². The van der Waals surface area contributed by atoms with Crippen LogP contribution in [0.5, 0.6) is 0 Å². The minimum Gasteiger partial charge on any atom is -0.434 e. The average Bonchev–Trinajstić information content (AvgIpc) is 2.50. The van der Waals surface area contributed by atoms with Gasteiger partial charge in [-0.15, -0.1) is 0 Å². The molecule has 1 N–H and O–H groups in total. The fourth-order valence-electron chi connectivity index (χ4n) is 0.705. The summed E-state index contributed by atoms with van der Waals surface area (Å²) in [6, 6.07) is 0. The Morgan fingerprint density at radius 1 is 1.25 bits per heavy atom. The molecule has 0 aromatic rings. The summed E-state index contributed by atoms with van der Waals surface area (Å²) < 4.78 is 0. The lowest BCUT2D eigenvalue weighted by Crippen LogP contribution is -2.15. The zero-order chi connectivity index (χ0) is 12.3. The molecule has 13 heteroatoms. The Balaban J connectivity index is 3.01. The van der Waals surface area contributed by atoms with Crippen LogP contribution in [-0.4, -0.2) is 20.8 Å². The van der Waals surface area contributed by atoms with Crippen LogP contribution in [-0.2, 0) is 0 Å². The maximum atomic E-state index is 10.2. The largest absolute Gasteiger partial charge is 0.557 e. The Hall–Kier alpha value is -2.99. The summed E-state index contributed by atoms with van der Waals surface area (Å²) in [5, 5.41) is 29.2. The molecular weight excluding hydrogens is 230 g/mol. The number of nitrogens with one attached hydrogen (secondary N) is 1. The SMILES string of the molecule is O=[N+]([O-])[N-]C1=NC(=C([N+](=O)[O-])[N+](=O)[O-])[N-]N1. The first kappa shape index (κ1) is 11.1.